The van der Waals surface area contributed by atoms with Gasteiger partial charge in [-0.2, -0.15) is 4.98 Å². The molecule has 0 spiro atoms. The molecule has 29 heavy (non-hydrogen) atoms. The maximum Gasteiger partial charge on any atom is 0.329 e. The van der Waals surface area contributed by atoms with Crippen molar-refractivity contribution in [2.45, 2.75) is 46.1 Å². The highest BCUT2D eigenvalue weighted by Gasteiger charge is 2.21. The second-order valence-corrected chi connectivity index (χ2v) is 8.23. The van der Waals surface area contributed by atoms with Crippen LogP contribution >= 0.6 is 15.9 Å². The molecule has 0 aliphatic heterocycles. The fourth-order valence-corrected chi connectivity index (χ4v) is 3.89. The van der Waals surface area contributed by atoms with Gasteiger partial charge in [-0.25, -0.2) is 4.79 Å². The number of hydrogen-bond acceptors (Lipinski definition) is 4. The first-order valence-corrected chi connectivity index (χ1v) is 10.9. The standard InChI is InChI=1S/C21H28BrN5O2/c1-4-6-11-26(12-7-5-2)20-23-18-17(19(28)24-21(29)25(18)3)27(20)14-15-9-8-10-16(22)13-15/h8-10,13H,4-7,11-12,14H2,1-3H3,(H,24,28,29). The average Bonchev–Trinajstić information content (AvgIpc) is 3.06. The zero-order chi connectivity index (χ0) is 21.0. The Morgan fingerprint density at radius 1 is 1.14 bits per heavy atom. The summed E-state index contributed by atoms with van der Waals surface area (Å²) in [6.07, 6.45) is 4.24. The Labute approximate surface area is 178 Å². The molecule has 0 saturated carbocycles. The minimum atomic E-state index is -0.449. The van der Waals surface area contributed by atoms with Crippen LogP contribution in [-0.4, -0.2) is 32.2 Å². The van der Waals surface area contributed by atoms with E-state index in [4.69, 9.17) is 4.98 Å². The van der Waals surface area contributed by atoms with Crippen LogP contribution in [0.3, 0.4) is 0 Å². The third-order valence-corrected chi connectivity index (χ3v) is 5.56. The molecule has 0 saturated heterocycles. The second kappa shape index (κ2) is 9.43. The molecule has 2 aromatic heterocycles. The molecule has 1 aromatic carbocycles. The van der Waals surface area contributed by atoms with Crippen LogP contribution in [0.25, 0.3) is 11.2 Å². The molecule has 3 rings (SSSR count). The molecule has 0 unspecified atom stereocenters. The van der Waals surface area contributed by atoms with Gasteiger partial charge in [0.05, 0.1) is 6.54 Å². The molecule has 0 radical (unpaired) electrons. The maximum absolute atomic E-state index is 12.7. The number of aromatic amines is 1. The first-order valence-electron chi connectivity index (χ1n) is 10.1. The van der Waals surface area contributed by atoms with Crippen molar-refractivity contribution in [2.75, 3.05) is 18.0 Å². The van der Waals surface area contributed by atoms with Crippen molar-refractivity contribution >= 4 is 33.0 Å². The molecule has 0 fully saturated rings. The van der Waals surface area contributed by atoms with Crippen LogP contribution in [0.5, 0.6) is 0 Å². The van der Waals surface area contributed by atoms with Gasteiger partial charge in [-0.05, 0) is 30.5 Å². The summed E-state index contributed by atoms with van der Waals surface area (Å²) in [5.74, 6) is 0.744. The summed E-state index contributed by atoms with van der Waals surface area (Å²) in [6, 6.07) is 8.01. The van der Waals surface area contributed by atoms with Crippen LogP contribution < -0.4 is 16.1 Å². The zero-order valence-corrected chi connectivity index (χ0v) is 18.8. The van der Waals surface area contributed by atoms with E-state index in [0.717, 1.165) is 54.8 Å². The number of aromatic nitrogens is 4. The predicted molar refractivity (Wildman–Crippen MR) is 121 cm³/mol. The molecule has 0 aliphatic rings. The molecular formula is C21H28BrN5O2. The summed E-state index contributed by atoms with van der Waals surface area (Å²) in [5, 5.41) is 0. The molecule has 7 nitrogen and oxygen atoms in total. The number of imidazole rings is 1. The highest BCUT2D eigenvalue weighted by molar-refractivity contribution is 9.10. The number of benzene rings is 1. The van der Waals surface area contributed by atoms with E-state index in [1.807, 2.05) is 28.8 Å². The normalized spacial score (nSPS) is 11.3. The molecule has 0 aliphatic carbocycles. The Kier molecular flexibility index (Phi) is 6.95. The molecule has 0 atom stereocenters. The lowest BCUT2D eigenvalue weighted by atomic mass is 10.2. The van der Waals surface area contributed by atoms with Gasteiger partial charge in [0, 0.05) is 24.6 Å². The van der Waals surface area contributed by atoms with Crippen LogP contribution in [0.2, 0.25) is 0 Å². The van der Waals surface area contributed by atoms with Crippen molar-refractivity contribution in [1.82, 2.24) is 19.1 Å². The van der Waals surface area contributed by atoms with Crippen LogP contribution in [0.1, 0.15) is 45.1 Å². The summed E-state index contributed by atoms with van der Waals surface area (Å²) in [7, 11) is 1.64. The third-order valence-electron chi connectivity index (χ3n) is 5.06. The molecule has 3 aromatic rings. The Hall–Kier alpha value is -2.35. The van der Waals surface area contributed by atoms with Gasteiger partial charge in [-0.1, -0.05) is 54.8 Å². The number of halogens is 1. The van der Waals surface area contributed by atoms with E-state index in [1.165, 1.54) is 4.57 Å². The highest BCUT2D eigenvalue weighted by atomic mass is 79.9. The quantitative estimate of drug-likeness (QED) is 0.527. The Morgan fingerprint density at radius 3 is 2.45 bits per heavy atom. The summed E-state index contributed by atoms with van der Waals surface area (Å²) >= 11 is 3.52. The molecule has 1 N–H and O–H groups in total. The van der Waals surface area contributed by atoms with Crippen LogP contribution in [0.4, 0.5) is 5.95 Å². The number of unbranched alkanes of at least 4 members (excludes halogenated alkanes) is 2. The highest BCUT2D eigenvalue weighted by Crippen LogP contribution is 2.23. The van der Waals surface area contributed by atoms with Gasteiger partial charge >= 0.3 is 5.69 Å². The van der Waals surface area contributed by atoms with Gasteiger partial charge in [0.2, 0.25) is 5.95 Å². The number of anilines is 1. The van der Waals surface area contributed by atoms with E-state index in [2.05, 4.69) is 39.7 Å². The number of fused-ring (bicyclic) bond motifs is 1. The van der Waals surface area contributed by atoms with E-state index >= 15 is 0 Å². The molecule has 156 valence electrons. The largest absolute Gasteiger partial charge is 0.342 e. The van der Waals surface area contributed by atoms with Crippen LogP contribution in [0.15, 0.2) is 38.3 Å². The Morgan fingerprint density at radius 2 is 1.83 bits per heavy atom. The van der Waals surface area contributed by atoms with Crippen molar-refractivity contribution in [2.24, 2.45) is 7.05 Å². The third kappa shape index (κ3) is 4.63. The van der Waals surface area contributed by atoms with Crippen molar-refractivity contribution in [3.63, 3.8) is 0 Å². The predicted octanol–water partition coefficient (Wildman–Crippen LogP) is 3.64. The fourth-order valence-electron chi connectivity index (χ4n) is 3.44. The zero-order valence-electron chi connectivity index (χ0n) is 17.2. The number of H-pyrrole nitrogens is 1. The molecule has 0 amide bonds. The molecule has 2 heterocycles. The topological polar surface area (TPSA) is 75.9 Å². The number of aryl methyl sites for hydroxylation is 1. The first-order chi connectivity index (χ1) is 14.0. The Balaban J connectivity index is 2.20. The van der Waals surface area contributed by atoms with E-state index in [0.29, 0.717) is 17.7 Å². The van der Waals surface area contributed by atoms with Gasteiger partial charge in [-0.15, -0.1) is 0 Å². The van der Waals surface area contributed by atoms with E-state index in [-0.39, 0.29) is 0 Å². The second-order valence-electron chi connectivity index (χ2n) is 7.31. The molecular weight excluding hydrogens is 434 g/mol. The van der Waals surface area contributed by atoms with Crippen LogP contribution in [0, 0.1) is 0 Å². The van der Waals surface area contributed by atoms with Gasteiger partial charge < -0.3 is 4.90 Å². The Bertz CT molecular complexity index is 1090. The SMILES string of the molecule is CCCCN(CCCC)c1nc2c(c(=O)[nH]c(=O)n2C)n1Cc1cccc(Br)c1. The van der Waals surface area contributed by atoms with Crippen molar-refractivity contribution < 1.29 is 0 Å². The monoisotopic (exact) mass is 461 g/mol. The smallest absolute Gasteiger partial charge is 0.329 e. The maximum atomic E-state index is 12.7. The lowest BCUT2D eigenvalue weighted by molar-refractivity contribution is 0.645. The van der Waals surface area contributed by atoms with Crippen molar-refractivity contribution in [3.8, 4) is 0 Å². The minimum Gasteiger partial charge on any atom is -0.342 e. The van der Waals surface area contributed by atoms with E-state index in [1.54, 1.807) is 7.05 Å². The van der Waals surface area contributed by atoms with E-state index in [9.17, 15) is 9.59 Å². The number of nitrogens with one attached hydrogen (secondary N) is 1. The number of hydrogen-bond donors (Lipinski definition) is 1. The first kappa shape index (κ1) is 21.4. The minimum absolute atomic E-state index is 0.400. The van der Waals surface area contributed by atoms with Gasteiger partial charge in [-0.3, -0.25) is 18.9 Å². The van der Waals surface area contributed by atoms with Crippen molar-refractivity contribution in [3.05, 3.63) is 55.1 Å². The number of nitrogens with zero attached hydrogens (tertiary/aromatic N) is 4. The summed E-state index contributed by atoms with van der Waals surface area (Å²) in [5.41, 5.74) is 1.05. The molecule has 8 heteroatoms. The fraction of sp³-hybridized carbons (Fsp3) is 0.476. The van der Waals surface area contributed by atoms with Crippen molar-refractivity contribution in [1.29, 1.82) is 0 Å². The lowest BCUT2D eigenvalue weighted by Crippen LogP contribution is -2.30. The summed E-state index contributed by atoms with van der Waals surface area (Å²) in [6.45, 7) is 6.56. The summed E-state index contributed by atoms with van der Waals surface area (Å²) < 4.78 is 4.34. The number of rotatable bonds is 9. The van der Waals surface area contributed by atoms with Gasteiger partial charge in [0.1, 0.15) is 0 Å². The van der Waals surface area contributed by atoms with Gasteiger partial charge in [0.15, 0.2) is 11.2 Å². The van der Waals surface area contributed by atoms with Gasteiger partial charge in [0.25, 0.3) is 5.56 Å². The molecule has 0 bridgehead atoms. The van der Waals surface area contributed by atoms with E-state index < -0.39 is 11.2 Å². The van der Waals surface area contributed by atoms with Crippen LogP contribution in [-0.2, 0) is 13.6 Å². The summed E-state index contributed by atoms with van der Waals surface area (Å²) in [4.78, 5) is 34.3. The lowest BCUT2D eigenvalue weighted by Gasteiger charge is -2.24. The average molecular weight is 462 g/mol.